The first-order valence-electron chi connectivity index (χ1n) is 6.63. The summed E-state index contributed by atoms with van der Waals surface area (Å²) in [6, 6.07) is 8.03. The molecule has 1 heterocycles. The van der Waals surface area contributed by atoms with E-state index in [1.165, 1.54) is 5.56 Å². The zero-order chi connectivity index (χ0) is 14.4. The van der Waals surface area contributed by atoms with Crippen LogP contribution in [0.25, 0.3) is 0 Å². The Balaban J connectivity index is 0.00000220. The minimum absolute atomic E-state index is 0. The molecule has 0 bridgehead atoms. The van der Waals surface area contributed by atoms with E-state index in [2.05, 4.69) is 16.5 Å². The highest BCUT2D eigenvalue weighted by molar-refractivity contribution is 5.85. The van der Waals surface area contributed by atoms with E-state index in [0.29, 0.717) is 0 Å². The van der Waals surface area contributed by atoms with Crippen LogP contribution in [0.3, 0.4) is 0 Å². The smallest absolute Gasteiger partial charge is 0.160 e. The Kier molecular flexibility index (Phi) is 7.05. The van der Waals surface area contributed by atoms with Gasteiger partial charge in [0.25, 0.3) is 0 Å². The standard InChI is InChI=1S/C15H21N3O2.ClH/c1-18-9-7-13(17-18)11-16-8-6-12-4-5-14(19-2)15(10-12)20-3;/h4-5,7,9-10,16H,6,8,11H2,1-3H3;1H. The molecule has 21 heavy (non-hydrogen) atoms. The average Bonchev–Trinajstić information content (AvgIpc) is 2.89. The third-order valence-electron chi connectivity index (χ3n) is 3.11. The van der Waals surface area contributed by atoms with Crippen molar-refractivity contribution in [1.82, 2.24) is 15.1 Å². The number of nitrogens with zero attached hydrogens (tertiary/aromatic N) is 2. The van der Waals surface area contributed by atoms with Gasteiger partial charge in [0.1, 0.15) is 0 Å². The normalized spacial score (nSPS) is 10.0. The Morgan fingerprint density at radius 3 is 2.52 bits per heavy atom. The molecule has 0 atom stereocenters. The van der Waals surface area contributed by atoms with Gasteiger partial charge in [-0.2, -0.15) is 5.10 Å². The van der Waals surface area contributed by atoms with E-state index in [9.17, 15) is 0 Å². The van der Waals surface area contributed by atoms with Gasteiger partial charge in [-0.1, -0.05) is 6.07 Å². The Labute approximate surface area is 131 Å². The molecular formula is C15H22ClN3O2. The molecule has 0 radical (unpaired) electrons. The van der Waals surface area contributed by atoms with Gasteiger partial charge in [-0.3, -0.25) is 4.68 Å². The number of hydrogen-bond donors (Lipinski definition) is 1. The summed E-state index contributed by atoms with van der Waals surface area (Å²) < 4.78 is 12.3. The van der Waals surface area contributed by atoms with Crippen LogP contribution in [0.15, 0.2) is 30.5 Å². The first kappa shape index (κ1) is 17.3. The van der Waals surface area contributed by atoms with Gasteiger partial charge in [-0.15, -0.1) is 12.4 Å². The highest BCUT2D eigenvalue weighted by atomic mass is 35.5. The molecule has 2 rings (SSSR count). The monoisotopic (exact) mass is 311 g/mol. The lowest BCUT2D eigenvalue weighted by atomic mass is 10.1. The molecule has 5 nitrogen and oxygen atoms in total. The Morgan fingerprint density at radius 1 is 1.14 bits per heavy atom. The number of benzene rings is 1. The molecular weight excluding hydrogens is 290 g/mol. The Bertz CT molecular complexity index is 558. The molecule has 2 aromatic rings. The fraction of sp³-hybridized carbons (Fsp3) is 0.400. The molecule has 0 fully saturated rings. The Hall–Kier alpha value is -1.72. The van der Waals surface area contributed by atoms with Crippen LogP contribution in [-0.4, -0.2) is 30.5 Å². The maximum atomic E-state index is 5.30. The van der Waals surface area contributed by atoms with Crippen molar-refractivity contribution < 1.29 is 9.47 Å². The van der Waals surface area contributed by atoms with E-state index < -0.39 is 0 Å². The van der Waals surface area contributed by atoms with Crippen LogP contribution in [0.2, 0.25) is 0 Å². The third kappa shape index (κ3) is 4.95. The maximum Gasteiger partial charge on any atom is 0.160 e. The van der Waals surface area contributed by atoms with Crippen LogP contribution < -0.4 is 14.8 Å². The summed E-state index contributed by atoms with van der Waals surface area (Å²) in [6.07, 6.45) is 2.89. The minimum Gasteiger partial charge on any atom is -0.493 e. The predicted octanol–water partition coefficient (Wildman–Crippen LogP) is 2.19. The molecule has 0 aliphatic rings. The number of methoxy groups -OCH3 is 2. The maximum absolute atomic E-state index is 5.30. The van der Waals surface area contributed by atoms with Crippen molar-refractivity contribution in [2.45, 2.75) is 13.0 Å². The second-order valence-electron chi connectivity index (χ2n) is 4.60. The quantitative estimate of drug-likeness (QED) is 0.796. The number of nitrogens with one attached hydrogen (secondary N) is 1. The molecule has 1 N–H and O–H groups in total. The molecule has 1 aromatic heterocycles. The number of aryl methyl sites for hydroxylation is 1. The van der Waals surface area contributed by atoms with E-state index in [1.54, 1.807) is 14.2 Å². The molecule has 6 heteroatoms. The predicted molar refractivity (Wildman–Crippen MR) is 85.4 cm³/mol. The lowest BCUT2D eigenvalue weighted by molar-refractivity contribution is 0.354. The fourth-order valence-corrected chi connectivity index (χ4v) is 2.04. The summed E-state index contributed by atoms with van der Waals surface area (Å²) in [5, 5.41) is 7.70. The molecule has 0 saturated heterocycles. The number of halogens is 1. The van der Waals surface area contributed by atoms with Crippen molar-refractivity contribution in [3.05, 3.63) is 41.7 Å². The first-order valence-corrected chi connectivity index (χ1v) is 6.63. The summed E-state index contributed by atoms with van der Waals surface area (Å²) in [4.78, 5) is 0. The average molecular weight is 312 g/mol. The number of rotatable bonds is 7. The van der Waals surface area contributed by atoms with E-state index in [4.69, 9.17) is 9.47 Å². The molecule has 1 aromatic carbocycles. The largest absolute Gasteiger partial charge is 0.493 e. The number of hydrogen-bond acceptors (Lipinski definition) is 4. The molecule has 0 saturated carbocycles. The lowest BCUT2D eigenvalue weighted by Gasteiger charge is -2.09. The van der Waals surface area contributed by atoms with Gasteiger partial charge in [0.15, 0.2) is 11.5 Å². The van der Waals surface area contributed by atoms with Crippen LogP contribution in [0.4, 0.5) is 0 Å². The Morgan fingerprint density at radius 2 is 1.90 bits per heavy atom. The molecule has 0 spiro atoms. The zero-order valence-corrected chi connectivity index (χ0v) is 13.4. The van der Waals surface area contributed by atoms with Gasteiger partial charge in [0.05, 0.1) is 19.9 Å². The summed E-state index contributed by atoms with van der Waals surface area (Å²) >= 11 is 0. The van der Waals surface area contributed by atoms with E-state index in [1.807, 2.05) is 36.1 Å². The van der Waals surface area contributed by atoms with Gasteiger partial charge in [0, 0.05) is 19.8 Å². The minimum atomic E-state index is 0. The van der Waals surface area contributed by atoms with Crippen LogP contribution in [0.1, 0.15) is 11.3 Å². The van der Waals surface area contributed by atoms with Gasteiger partial charge in [0.2, 0.25) is 0 Å². The van der Waals surface area contributed by atoms with E-state index in [0.717, 1.165) is 36.7 Å². The molecule has 0 aliphatic heterocycles. The van der Waals surface area contributed by atoms with Gasteiger partial charge in [-0.05, 0) is 36.7 Å². The zero-order valence-electron chi connectivity index (χ0n) is 12.6. The van der Waals surface area contributed by atoms with Crippen molar-refractivity contribution in [2.24, 2.45) is 7.05 Å². The summed E-state index contributed by atoms with van der Waals surface area (Å²) in [5.41, 5.74) is 2.27. The van der Waals surface area contributed by atoms with Crippen LogP contribution >= 0.6 is 12.4 Å². The SMILES string of the molecule is COc1ccc(CCNCc2ccn(C)n2)cc1OC.Cl. The van der Waals surface area contributed by atoms with E-state index in [-0.39, 0.29) is 12.4 Å². The summed E-state index contributed by atoms with van der Waals surface area (Å²) in [6.45, 7) is 1.68. The number of ether oxygens (including phenoxy) is 2. The molecule has 0 amide bonds. The molecule has 116 valence electrons. The third-order valence-corrected chi connectivity index (χ3v) is 3.11. The summed E-state index contributed by atoms with van der Waals surface area (Å²) in [7, 11) is 5.22. The topological polar surface area (TPSA) is 48.3 Å². The van der Waals surface area contributed by atoms with Crippen molar-refractivity contribution in [3.8, 4) is 11.5 Å². The molecule has 0 unspecified atom stereocenters. The van der Waals surface area contributed by atoms with Crippen molar-refractivity contribution in [1.29, 1.82) is 0 Å². The van der Waals surface area contributed by atoms with Crippen molar-refractivity contribution in [3.63, 3.8) is 0 Å². The van der Waals surface area contributed by atoms with Gasteiger partial charge in [-0.25, -0.2) is 0 Å². The number of aromatic nitrogens is 2. The van der Waals surface area contributed by atoms with Gasteiger partial charge < -0.3 is 14.8 Å². The first-order chi connectivity index (χ1) is 9.72. The van der Waals surface area contributed by atoms with E-state index >= 15 is 0 Å². The highest BCUT2D eigenvalue weighted by Gasteiger charge is 2.04. The van der Waals surface area contributed by atoms with Crippen LogP contribution in [-0.2, 0) is 20.0 Å². The highest BCUT2D eigenvalue weighted by Crippen LogP contribution is 2.27. The van der Waals surface area contributed by atoms with Crippen molar-refractivity contribution in [2.75, 3.05) is 20.8 Å². The molecule has 0 aliphatic carbocycles. The lowest BCUT2D eigenvalue weighted by Crippen LogP contribution is -2.17. The van der Waals surface area contributed by atoms with Crippen LogP contribution in [0, 0.1) is 0 Å². The van der Waals surface area contributed by atoms with Crippen molar-refractivity contribution >= 4 is 12.4 Å². The van der Waals surface area contributed by atoms with Crippen LogP contribution in [0.5, 0.6) is 11.5 Å². The second kappa shape index (κ2) is 8.54. The van der Waals surface area contributed by atoms with Gasteiger partial charge >= 0.3 is 0 Å². The fourth-order valence-electron chi connectivity index (χ4n) is 2.04. The second-order valence-corrected chi connectivity index (χ2v) is 4.60. The summed E-state index contributed by atoms with van der Waals surface area (Å²) in [5.74, 6) is 1.53.